The molecular weight excluding hydrogens is 388 g/mol. The van der Waals surface area contributed by atoms with E-state index in [4.69, 9.17) is 5.11 Å². The minimum atomic E-state index is -1.20. The zero-order chi connectivity index (χ0) is 21.7. The fraction of sp³-hybridized carbons (Fsp3) is 0.118. The lowest BCUT2D eigenvalue weighted by Crippen LogP contribution is -2.29. The molecule has 0 saturated carbocycles. The fourth-order valence-corrected chi connectivity index (χ4v) is 2.38. The van der Waals surface area contributed by atoms with Gasteiger partial charge in [0.2, 0.25) is 0 Å². The Balaban J connectivity index is 2.24. The van der Waals surface area contributed by atoms with E-state index in [1.165, 1.54) is 31.2 Å². The van der Waals surface area contributed by atoms with Crippen molar-refractivity contribution in [3.63, 3.8) is 0 Å². The topological polar surface area (TPSA) is 182 Å². The van der Waals surface area contributed by atoms with Gasteiger partial charge in [-0.2, -0.15) is 0 Å². The summed E-state index contributed by atoms with van der Waals surface area (Å²) in [6, 6.07) is 7.08. The molecule has 0 aliphatic heterocycles. The number of nitrogens with one attached hydrogen (secondary N) is 2. The van der Waals surface area contributed by atoms with Gasteiger partial charge in [0.1, 0.15) is 6.54 Å². The molecule has 12 heteroatoms. The van der Waals surface area contributed by atoms with Gasteiger partial charge in [-0.15, -0.1) is 0 Å². The standard InChI is InChI=1S/C17H14N4O8/c1-9-13(6-12(20(26)27)7-14(9)21(28)29)17(25)19-11-4-2-10(3-5-11)16(24)18-8-15(22)23/h2-7H,8H2,1H3,(H,18,24)(H,19,25)(H,22,23). The minimum absolute atomic E-state index is 0.0391. The summed E-state index contributed by atoms with van der Waals surface area (Å²) in [7, 11) is 0. The average molecular weight is 402 g/mol. The monoisotopic (exact) mass is 402 g/mol. The maximum atomic E-state index is 12.5. The number of rotatable bonds is 7. The molecule has 2 aromatic rings. The van der Waals surface area contributed by atoms with Crippen LogP contribution in [0, 0.1) is 27.2 Å². The summed E-state index contributed by atoms with van der Waals surface area (Å²) in [5.41, 5.74) is -1.07. The molecule has 3 N–H and O–H groups in total. The number of nitro benzene ring substituents is 2. The molecule has 2 amide bonds. The van der Waals surface area contributed by atoms with Crippen molar-refractivity contribution in [1.29, 1.82) is 0 Å². The number of carboxylic acid groups (broad SMARTS) is 1. The Morgan fingerprint density at radius 1 is 1.00 bits per heavy atom. The second kappa shape index (κ2) is 8.56. The highest BCUT2D eigenvalue weighted by Crippen LogP contribution is 2.28. The molecule has 2 aromatic carbocycles. The van der Waals surface area contributed by atoms with E-state index in [-0.39, 0.29) is 22.4 Å². The van der Waals surface area contributed by atoms with Crippen LogP contribution in [0.25, 0.3) is 0 Å². The molecule has 0 radical (unpaired) electrons. The Bertz CT molecular complexity index is 1020. The van der Waals surface area contributed by atoms with Gasteiger partial charge in [-0.1, -0.05) is 0 Å². The Morgan fingerprint density at radius 2 is 1.62 bits per heavy atom. The number of amides is 2. The third-order valence-electron chi connectivity index (χ3n) is 3.82. The first kappa shape index (κ1) is 21.0. The lowest BCUT2D eigenvalue weighted by molar-refractivity contribution is -0.394. The van der Waals surface area contributed by atoms with E-state index in [1.54, 1.807) is 0 Å². The molecule has 12 nitrogen and oxygen atoms in total. The zero-order valence-electron chi connectivity index (χ0n) is 14.9. The molecule has 0 atom stereocenters. The normalized spacial score (nSPS) is 10.1. The van der Waals surface area contributed by atoms with Crippen LogP contribution in [0.3, 0.4) is 0 Å². The first-order valence-electron chi connectivity index (χ1n) is 7.95. The van der Waals surface area contributed by atoms with Gasteiger partial charge in [0.25, 0.3) is 23.2 Å². The van der Waals surface area contributed by atoms with Crippen molar-refractivity contribution in [2.75, 3.05) is 11.9 Å². The number of aliphatic carboxylic acids is 1. The molecule has 29 heavy (non-hydrogen) atoms. The summed E-state index contributed by atoms with van der Waals surface area (Å²) in [6.07, 6.45) is 0. The van der Waals surface area contributed by atoms with Gasteiger partial charge in [0.05, 0.1) is 21.5 Å². The minimum Gasteiger partial charge on any atom is -0.480 e. The van der Waals surface area contributed by atoms with Crippen molar-refractivity contribution < 1.29 is 29.3 Å². The number of hydrogen-bond acceptors (Lipinski definition) is 7. The van der Waals surface area contributed by atoms with Crippen LogP contribution in [0.2, 0.25) is 0 Å². The highest BCUT2D eigenvalue weighted by molar-refractivity contribution is 6.06. The number of benzene rings is 2. The second-order valence-corrected chi connectivity index (χ2v) is 5.76. The van der Waals surface area contributed by atoms with Crippen molar-refractivity contribution in [1.82, 2.24) is 5.32 Å². The quantitative estimate of drug-likeness (QED) is 0.463. The van der Waals surface area contributed by atoms with E-state index >= 15 is 0 Å². The molecule has 150 valence electrons. The fourth-order valence-electron chi connectivity index (χ4n) is 2.38. The molecule has 0 bridgehead atoms. The molecule has 0 saturated heterocycles. The van der Waals surface area contributed by atoms with E-state index in [2.05, 4.69) is 10.6 Å². The number of anilines is 1. The third kappa shape index (κ3) is 5.09. The number of carbonyl (C=O) groups excluding carboxylic acids is 2. The summed E-state index contributed by atoms with van der Waals surface area (Å²) in [4.78, 5) is 55.1. The molecule has 2 rings (SSSR count). The summed E-state index contributed by atoms with van der Waals surface area (Å²) >= 11 is 0. The molecule has 0 aromatic heterocycles. The lowest BCUT2D eigenvalue weighted by Gasteiger charge is -2.09. The maximum Gasteiger partial charge on any atom is 0.322 e. The molecular formula is C17H14N4O8. The average Bonchev–Trinajstić information content (AvgIpc) is 2.66. The first-order valence-corrected chi connectivity index (χ1v) is 7.95. The number of non-ortho nitro benzene ring substituents is 1. The van der Waals surface area contributed by atoms with Crippen LogP contribution in [-0.4, -0.2) is 39.3 Å². The summed E-state index contributed by atoms with van der Waals surface area (Å²) in [5, 5.41) is 35.3. The third-order valence-corrected chi connectivity index (χ3v) is 3.82. The van der Waals surface area contributed by atoms with Crippen LogP contribution >= 0.6 is 0 Å². The van der Waals surface area contributed by atoms with Gasteiger partial charge in [0.15, 0.2) is 0 Å². The summed E-state index contributed by atoms with van der Waals surface area (Å²) in [5.74, 6) is -2.64. The van der Waals surface area contributed by atoms with Crippen LogP contribution in [0.1, 0.15) is 26.3 Å². The Kier molecular flexibility index (Phi) is 6.19. The van der Waals surface area contributed by atoms with E-state index in [1.807, 2.05) is 0 Å². The predicted molar refractivity (Wildman–Crippen MR) is 98.9 cm³/mol. The number of carboxylic acids is 1. The van der Waals surface area contributed by atoms with E-state index in [0.717, 1.165) is 12.1 Å². The van der Waals surface area contributed by atoms with Crippen LogP contribution in [0.15, 0.2) is 36.4 Å². The number of nitro groups is 2. The smallest absolute Gasteiger partial charge is 0.322 e. The zero-order valence-corrected chi connectivity index (χ0v) is 14.9. The highest BCUT2D eigenvalue weighted by atomic mass is 16.6. The number of carbonyl (C=O) groups is 3. The number of nitrogens with zero attached hydrogens (tertiary/aromatic N) is 2. The van der Waals surface area contributed by atoms with Gasteiger partial charge >= 0.3 is 5.97 Å². The lowest BCUT2D eigenvalue weighted by atomic mass is 10.0. The van der Waals surface area contributed by atoms with Gasteiger partial charge < -0.3 is 15.7 Å². The van der Waals surface area contributed by atoms with Crippen molar-refractivity contribution in [3.05, 3.63) is 73.3 Å². The van der Waals surface area contributed by atoms with Crippen LogP contribution in [0.4, 0.5) is 17.1 Å². The maximum absolute atomic E-state index is 12.5. The molecule has 0 spiro atoms. The van der Waals surface area contributed by atoms with Gasteiger partial charge in [-0.3, -0.25) is 34.6 Å². The van der Waals surface area contributed by atoms with E-state index < -0.39 is 45.5 Å². The van der Waals surface area contributed by atoms with Crippen LogP contribution < -0.4 is 10.6 Å². The van der Waals surface area contributed by atoms with Gasteiger partial charge in [-0.05, 0) is 31.2 Å². The van der Waals surface area contributed by atoms with Crippen molar-refractivity contribution in [2.45, 2.75) is 6.92 Å². The predicted octanol–water partition coefficient (Wildman–Crippen LogP) is 1.88. The molecule has 0 unspecified atom stereocenters. The molecule has 0 heterocycles. The molecule has 0 aliphatic carbocycles. The Hall–Kier alpha value is -4.35. The summed E-state index contributed by atoms with van der Waals surface area (Å²) in [6.45, 7) is 0.745. The van der Waals surface area contributed by atoms with Crippen LogP contribution in [0.5, 0.6) is 0 Å². The van der Waals surface area contributed by atoms with E-state index in [0.29, 0.717) is 0 Å². The van der Waals surface area contributed by atoms with Gasteiger partial charge in [0, 0.05) is 22.9 Å². The van der Waals surface area contributed by atoms with Crippen molar-refractivity contribution >= 4 is 34.8 Å². The van der Waals surface area contributed by atoms with Gasteiger partial charge in [-0.25, -0.2) is 0 Å². The van der Waals surface area contributed by atoms with Crippen molar-refractivity contribution in [3.8, 4) is 0 Å². The van der Waals surface area contributed by atoms with Crippen molar-refractivity contribution in [2.24, 2.45) is 0 Å². The van der Waals surface area contributed by atoms with E-state index in [9.17, 15) is 34.6 Å². The van der Waals surface area contributed by atoms with Crippen LogP contribution in [-0.2, 0) is 4.79 Å². The number of hydrogen-bond donors (Lipinski definition) is 3. The Labute approximate surface area is 162 Å². The molecule has 0 fully saturated rings. The summed E-state index contributed by atoms with van der Waals surface area (Å²) < 4.78 is 0. The second-order valence-electron chi connectivity index (χ2n) is 5.76. The highest BCUT2D eigenvalue weighted by Gasteiger charge is 2.24. The molecule has 0 aliphatic rings. The largest absolute Gasteiger partial charge is 0.480 e. The SMILES string of the molecule is Cc1c(C(=O)Nc2ccc(C(=O)NCC(=O)O)cc2)cc([N+](=O)[O-])cc1[N+](=O)[O-]. The first-order chi connectivity index (χ1) is 13.6. The Morgan fingerprint density at radius 3 is 2.14 bits per heavy atom.